The fourth-order valence-corrected chi connectivity index (χ4v) is 1.84. The number of nitrogens with zero attached hydrogens (tertiary/aromatic N) is 1. The Balaban J connectivity index is 2.21. The molecule has 0 aliphatic rings. The normalized spacial score (nSPS) is 10.2. The Morgan fingerprint density at radius 3 is 2.75 bits per heavy atom. The molecule has 0 aliphatic heterocycles. The van der Waals surface area contributed by atoms with Crippen LogP contribution in [-0.2, 0) is 11.3 Å². The van der Waals surface area contributed by atoms with Gasteiger partial charge in [0.25, 0.3) is 5.69 Å². The highest BCUT2D eigenvalue weighted by molar-refractivity contribution is 5.74. The van der Waals surface area contributed by atoms with Gasteiger partial charge in [0.05, 0.1) is 22.9 Å². The number of nitrogens with one attached hydrogen (secondary N) is 1. The number of anilines is 3. The van der Waals surface area contributed by atoms with Gasteiger partial charge in [-0.25, -0.2) is 0 Å². The first-order chi connectivity index (χ1) is 9.60. The van der Waals surface area contributed by atoms with Crippen LogP contribution in [0, 0.1) is 10.1 Å². The van der Waals surface area contributed by atoms with Crippen LogP contribution in [-0.4, -0.2) is 12.0 Å². The van der Waals surface area contributed by atoms with Crippen molar-refractivity contribution in [3.8, 4) is 0 Å². The first kappa shape index (κ1) is 13.8. The monoisotopic (exact) mass is 273 g/mol. The van der Waals surface area contributed by atoms with E-state index in [-0.39, 0.29) is 5.69 Å². The highest BCUT2D eigenvalue weighted by Crippen LogP contribution is 2.27. The van der Waals surface area contributed by atoms with Crippen LogP contribution in [0.5, 0.6) is 0 Å². The Bertz CT molecular complexity index is 629. The Hall–Kier alpha value is -2.60. The third-order valence-corrected chi connectivity index (χ3v) is 2.76. The van der Waals surface area contributed by atoms with Gasteiger partial charge in [-0.15, -0.1) is 0 Å². The number of methoxy groups -OCH3 is 1. The van der Waals surface area contributed by atoms with E-state index >= 15 is 0 Å². The van der Waals surface area contributed by atoms with Crippen LogP contribution < -0.4 is 11.1 Å². The van der Waals surface area contributed by atoms with Gasteiger partial charge in [0.2, 0.25) is 0 Å². The lowest BCUT2D eigenvalue weighted by molar-refractivity contribution is -0.384. The molecule has 2 aromatic rings. The van der Waals surface area contributed by atoms with Gasteiger partial charge in [-0.2, -0.15) is 0 Å². The highest BCUT2D eigenvalue weighted by atomic mass is 16.6. The van der Waals surface area contributed by atoms with Crippen LogP contribution in [0.2, 0.25) is 0 Å². The van der Waals surface area contributed by atoms with Gasteiger partial charge in [0, 0.05) is 24.9 Å². The molecule has 6 nitrogen and oxygen atoms in total. The zero-order valence-electron chi connectivity index (χ0n) is 11.0. The lowest BCUT2D eigenvalue weighted by atomic mass is 10.2. The summed E-state index contributed by atoms with van der Waals surface area (Å²) in [6.45, 7) is 0.519. The zero-order chi connectivity index (χ0) is 14.5. The van der Waals surface area contributed by atoms with Crippen molar-refractivity contribution in [3.05, 3.63) is 58.1 Å². The first-order valence-electron chi connectivity index (χ1n) is 5.99. The summed E-state index contributed by atoms with van der Waals surface area (Å²) in [5.41, 5.74) is 8.62. The second-order valence-corrected chi connectivity index (χ2v) is 4.29. The maximum absolute atomic E-state index is 10.7. The molecule has 0 saturated heterocycles. The summed E-state index contributed by atoms with van der Waals surface area (Å²) in [6, 6.07) is 12.0. The van der Waals surface area contributed by atoms with E-state index in [4.69, 9.17) is 10.5 Å². The van der Waals surface area contributed by atoms with Crippen LogP contribution >= 0.6 is 0 Å². The molecule has 3 N–H and O–H groups in total. The van der Waals surface area contributed by atoms with Crippen molar-refractivity contribution in [1.82, 2.24) is 0 Å². The van der Waals surface area contributed by atoms with Crippen LogP contribution in [0.3, 0.4) is 0 Å². The summed E-state index contributed by atoms with van der Waals surface area (Å²) in [5, 5.41) is 13.8. The first-order valence-corrected chi connectivity index (χ1v) is 5.99. The summed E-state index contributed by atoms with van der Waals surface area (Å²) >= 11 is 0. The lowest BCUT2D eigenvalue weighted by Gasteiger charge is -2.10. The van der Waals surface area contributed by atoms with Crippen LogP contribution in [0.4, 0.5) is 22.7 Å². The quantitative estimate of drug-likeness (QED) is 0.496. The fraction of sp³-hybridized carbons (Fsp3) is 0.143. The number of ether oxygens (including phenoxy) is 1. The minimum absolute atomic E-state index is 0.0267. The van der Waals surface area contributed by atoms with Crippen LogP contribution in [0.1, 0.15) is 5.56 Å². The molecular weight excluding hydrogens is 258 g/mol. The summed E-state index contributed by atoms with van der Waals surface area (Å²) in [6.07, 6.45) is 0. The summed E-state index contributed by atoms with van der Waals surface area (Å²) in [5.74, 6) is 0. The van der Waals surface area contributed by atoms with Gasteiger partial charge in [-0.05, 0) is 23.8 Å². The second-order valence-electron chi connectivity index (χ2n) is 4.29. The third-order valence-electron chi connectivity index (χ3n) is 2.76. The number of nitrogens with two attached hydrogens (primary N) is 1. The molecular formula is C14H15N3O3. The molecule has 104 valence electrons. The molecule has 0 spiro atoms. The van der Waals surface area contributed by atoms with Crippen molar-refractivity contribution < 1.29 is 9.66 Å². The van der Waals surface area contributed by atoms with Gasteiger partial charge in [0.15, 0.2) is 0 Å². The molecule has 0 fully saturated rings. The van der Waals surface area contributed by atoms with Gasteiger partial charge in [-0.3, -0.25) is 10.1 Å². The van der Waals surface area contributed by atoms with Crippen molar-refractivity contribution in [3.63, 3.8) is 0 Å². The van der Waals surface area contributed by atoms with Gasteiger partial charge in [0.1, 0.15) is 0 Å². The van der Waals surface area contributed by atoms with Crippen LogP contribution in [0.15, 0.2) is 42.5 Å². The average Bonchev–Trinajstić information content (AvgIpc) is 2.42. The largest absolute Gasteiger partial charge is 0.397 e. The number of nitro groups is 1. The van der Waals surface area contributed by atoms with Crippen molar-refractivity contribution >= 4 is 22.7 Å². The van der Waals surface area contributed by atoms with E-state index in [1.54, 1.807) is 13.2 Å². The SMILES string of the molecule is COCc1cccc(Nc2ccc([N+](=O)[O-])cc2N)c1. The lowest BCUT2D eigenvalue weighted by Crippen LogP contribution is -1.98. The predicted molar refractivity (Wildman–Crippen MR) is 77.9 cm³/mol. The number of hydrogen-bond acceptors (Lipinski definition) is 5. The Kier molecular flexibility index (Phi) is 4.17. The highest BCUT2D eigenvalue weighted by Gasteiger charge is 2.08. The van der Waals surface area contributed by atoms with E-state index in [1.807, 2.05) is 24.3 Å². The van der Waals surface area contributed by atoms with Crippen molar-refractivity contribution in [2.45, 2.75) is 6.61 Å². The molecule has 0 unspecified atom stereocenters. The van der Waals surface area contributed by atoms with E-state index in [1.165, 1.54) is 12.1 Å². The molecule has 0 radical (unpaired) electrons. The van der Waals surface area contributed by atoms with E-state index in [0.717, 1.165) is 11.3 Å². The number of hydrogen-bond donors (Lipinski definition) is 2. The summed E-state index contributed by atoms with van der Waals surface area (Å²) in [4.78, 5) is 10.2. The Morgan fingerprint density at radius 1 is 1.30 bits per heavy atom. The van der Waals surface area contributed by atoms with Crippen molar-refractivity contribution in [2.24, 2.45) is 0 Å². The van der Waals surface area contributed by atoms with Crippen LogP contribution in [0.25, 0.3) is 0 Å². The smallest absolute Gasteiger partial charge is 0.271 e. The van der Waals surface area contributed by atoms with E-state index in [0.29, 0.717) is 18.0 Å². The van der Waals surface area contributed by atoms with Gasteiger partial charge < -0.3 is 15.8 Å². The number of rotatable bonds is 5. The molecule has 2 rings (SSSR count). The van der Waals surface area contributed by atoms with E-state index in [2.05, 4.69) is 5.32 Å². The number of non-ortho nitro benzene ring substituents is 1. The summed E-state index contributed by atoms with van der Waals surface area (Å²) in [7, 11) is 1.63. The standard InChI is InChI=1S/C14H15N3O3/c1-20-9-10-3-2-4-11(7-10)16-14-6-5-12(17(18)19)8-13(14)15/h2-8,16H,9,15H2,1H3. The molecule has 0 atom stereocenters. The fourth-order valence-electron chi connectivity index (χ4n) is 1.84. The number of nitro benzene ring substituents is 1. The molecule has 0 aromatic heterocycles. The number of benzene rings is 2. The number of nitrogen functional groups attached to an aromatic ring is 1. The topological polar surface area (TPSA) is 90.4 Å². The molecule has 6 heteroatoms. The Labute approximate surface area is 116 Å². The average molecular weight is 273 g/mol. The molecule has 0 saturated carbocycles. The zero-order valence-corrected chi connectivity index (χ0v) is 11.0. The molecule has 2 aromatic carbocycles. The second kappa shape index (κ2) is 6.03. The maximum Gasteiger partial charge on any atom is 0.271 e. The molecule has 0 aliphatic carbocycles. The van der Waals surface area contributed by atoms with E-state index in [9.17, 15) is 10.1 Å². The predicted octanol–water partition coefficient (Wildman–Crippen LogP) is 3.07. The third kappa shape index (κ3) is 3.24. The molecule has 0 bridgehead atoms. The molecule has 0 amide bonds. The molecule has 20 heavy (non-hydrogen) atoms. The maximum atomic E-state index is 10.7. The van der Waals surface area contributed by atoms with Crippen molar-refractivity contribution in [2.75, 3.05) is 18.2 Å². The summed E-state index contributed by atoms with van der Waals surface area (Å²) < 4.78 is 5.07. The Morgan fingerprint density at radius 2 is 2.10 bits per heavy atom. The van der Waals surface area contributed by atoms with Gasteiger partial charge in [-0.1, -0.05) is 12.1 Å². The minimum Gasteiger partial charge on any atom is -0.397 e. The minimum atomic E-state index is -0.473. The van der Waals surface area contributed by atoms with Crippen molar-refractivity contribution in [1.29, 1.82) is 0 Å². The molecule has 0 heterocycles. The van der Waals surface area contributed by atoms with Gasteiger partial charge >= 0.3 is 0 Å². The van der Waals surface area contributed by atoms with E-state index < -0.39 is 4.92 Å².